The van der Waals surface area contributed by atoms with Crippen LogP contribution in [0.2, 0.25) is 0 Å². The molecular formula is C6H4BF2N. The van der Waals surface area contributed by atoms with Gasteiger partial charge in [-0.25, -0.2) is 8.78 Å². The molecule has 50 valence electrons. The molecule has 0 aliphatic carbocycles. The maximum absolute atomic E-state index is 12.5. The largest absolute Gasteiger partial charge is 0.396 e. The molecule has 0 aromatic heterocycles. The van der Waals surface area contributed by atoms with Crippen molar-refractivity contribution in [3.8, 4) is 0 Å². The molecule has 0 aliphatic heterocycles. The molecule has 2 N–H and O–H groups in total. The van der Waals surface area contributed by atoms with Crippen molar-refractivity contribution in [2.24, 2.45) is 0 Å². The number of halogens is 2. The molecule has 0 amide bonds. The van der Waals surface area contributed by atoms with E-state index in [0.29, 0.717) is 0 Å². The van der Waals surface area contributed by atoms with E-state index < -0.39 is 17.1 Å². The summed E-state index contributed by atoms with van der Waals surface area (Å²) in [6, 6.07) is 2.15. The molecule has 0 saturated heterocycles. The van der Waals surface area contributed by atoms with E-state index in [0.717, 1.165) is 12.1 Å². The Kier molecular flexibility index (Phi) is 1.61. The van der Waals surface area contributed by atoms with Crippen LogP contribution >= 0.6 is 0 Å². The van der Waals surface area contributed by atoms with E-state index in [1.165, 1.54) is 0 Å². The van der Waals surface area contributed by atoms with Crippen LogP contribution in [0.15, 0.2) is 12.1 Å². The van der Waals surface area contributed by atoms with Crippen LogP contribution in [0.25, 0.3) is 0 Å². The van der Waals surface area contributed by atoms with Gasteiger partial charge < -0.3 is 5.73 Å². The Hall–Kier alpha value is -1.06. The van der Waals surface area contributed by atoms with Gasteiger partial charge in [-0.3, -0.25) is 0 Å². The molecule has 1 rings (SSSR count). The van der Waals surface area contributed by atoms with Gasteiger partial charge >= 0.3 is 0 Å². The summed E-state index contributed by atoms with van der Waals surface area (Å²) < 4.78 is 24.8. The molecule has 0 unspecified atom stereocenters. The van der Waals surface area contributed by atoms with Crippen LogP contribution in [0.4, 0.5) is 14.5 Å². The van der Waals surface area contributed by atoms with Crippen molar-refractivity contribution >= 4 is 19.0 Å². The summed E-state index contributed by atoms with van der Waals surface area (Å²) in [5.74, 6) is -1.67. The second-order valence-corrected chi connectivity index (χ2v) is 1.86. The number of rotatable bonds is 0. The molecule has 2 radical (unpaired) electrons. The number of anilines is 1. The van der Waals surface area contributed by atoms with Crippen LogP contribution in [0.1, 0.15) is 0 Å². The molecule has 0 fully saturated rings. The summed E-state index contributed by atoms with van der Waals surface area (Å²) in [5.41, 5.74) is 4.40. The normalized spacial score (nSPS) is 9.80. The highest BCUT2D eigenvalue weighted by atomic mass is 19.1. The van der Waals surface area contributed by atoms with Gasteiger partial charge in [-0.1, -0.05) is 0 Å². The topological polar surface area (TPSA) is 26.0 Å². The molecule has 0 bridgehead atoms. The predicted octanol–water partition coefficient (Wildman–Crippen LogP) is 0.341. The molecule has 0 atom stereocenters. The summed E-state index contributed by atoms with van der Waals surface area (Å²) in [5, 5.41) is 0. The van der Waals surface area contributed by atoms with Crippen molar-refractivity contribution in [1.29, 1.82) is 0 Å². The van der Waals surface area contributed by atoms with Gasteiger partial charge in [-0.2, -0.15) is 0 Å². The van der Waals surface area contributed by atoms with Crippen molar-refractivity contribution in [1.82, 2.24) is 0 Å². The fourth-order valence-electron chi connectivity index (χ4n) is 0.586. The van der Waals surface area contributed by atoms with Gasteiger partial charge in [0.05, 0.1) is 5.69 Å². The molecular weight excluding hydrogens is 135 g/mol. The fraction of sp³-hybridized carbons (Fsp3) is 0. The average Bonchev–Trinajstić information content (AvgIpc) is 1.93. The van der Waals surface area contributed by atoms with Gasteiger partial charge in [0.15, 0.2) is 0 Å². The number of nitrogens with two attached hydrogens (primary N) is 1. The Morgan fingerprint density at radius 2 is 1.90 bits per heavy atom. The Labute approximate surface area is 58.3 Å². The Morgan fingerprint density at radius 1 is 1.30 bits per heavy atom. The standard InChI is InChI=1S/C6H4BF2N/c7-5-3(8)1-2-4(10)6(5)9/h1-2H,10H2. The zero-order valence-electron chi connectivity index (χ0n) is 5.07. The third kappa shape index (κ3) is 0.965. The van der Waals surface area contributed by atoms with E-state index in [1.54, 1.807) is 0 Å². The van der Waals surface area contributed by atoms with Crippen molar-refractivity contribution < 1.29 is 8.78 Å². The van der Waals surface area contributed by atoms with Gasteiger partial charge in [0.1, 0.15) is 19.5 Å². The maximum atomic E-state index is 12.5. The molecule has 1 nitrogen and oxygen atoms in total. The zero-order valence-corrected chi connectivity index (χ0v) is 5.07. The van der Waals surface area contributed by atoms with E-state index in [9.17, 15) is 8.78 Å². The molecule has 0 spiro atoms. The smallest absolute Gasteiger partial charge is 0.141 e. The first-order valence-corrected chi connectivity index (χ1v) is 2.62. The van der Waals surface area contributed by atoms with E-state index in [-0.39, 0.29) is 5.69 Å². The van der Waals surface area contributed by atoms with Crippen molar-refractivity contribution in [3.63, 3.8) is 0 Å². The second-order valence-electron chi connectivity index (χ2n) is 1.86. The van der Waals surface area contributed by atoms with Gasteiger partial charge in [0, 0.05) is 0 Å². The van der Waals surface area contributed by atoms with Crippen LogP contribution in [0.5, 0.6) is 0 Å². The fourth-order valence-corrected chi connectivity index (χ4v) is 0.586. The molecule has 0 aliphatic rings. The minimum Gasteiger partial charge on any atom is -0.396 e. The third-order valence-corrected chi connectivity index (χ3v) is 1.16. The average molecular weight is 139 g/mol. The minimum atomic E-state index is -0.889. The second kappa shape index (κ2) is 2.29. The lowest BCUT2D eigenvalue weighted by molar-refractivity contribution is 0.601. The lowest BCUT2D eigenvalue weighted by atomic mass is 9.94. The number of hydrogen-bond donors (Lipinski definition) is 1. The van der Waals surface area contributed by atoms with Crippen molar-refractivity contribution in [2.75, 3.05) is 5.73 Å². The molecule has 1 aromatic rings. The van der Waals surface area contributed by atoms with Gasteiger partial charge in [-0.15, -0.1) is 0 Å². The van der Waals surface area contributed by atoms with E-state index in [1.807, 2.05) is 0 Å². The Morgan fingerprint density at radius 3 is 2.40 bits per heavy atom. The van der Waals surface area contributed by atoms with Gasteiger partial charge in [0.2, 0.25) is 0 Å². The van der Waals surface area contributed by atoms with Crippen molar-refractivity contribution in [2.45, 2.75) is 0 Å². The van der Waals surface area contributed by atoms with Gasteiger partial charge in [0.25, 0.3) is 0 Å². The molecule has 1 aromatic carbocycles. The van der Waals surface area contributed by atoms with Crippen LogP contribution in [0.3, 0.4) is 0 Å². The predicted molar refractivity (Wildman–Crippen MR) is 36.2 cm³/mol. The first-order valence-electron chi connectivity index (χ1n) is 2.62. The summed E-state index contributed by atoms with van der Waals surface area (Å²) in [7, 11) is 4.95. The highest BCUT2D eigenvalue weighted by molar-refractivity contribution is 6.33. The Balaban J connectivity index is 3.34. The highest BCUT2D eigenvalue weighted by Gasteiger charge is 2.04. The van der Waals surface area contributed by atoms with Crippen LogP contribution in [-0.4, -0.2) is 7.85 Å². The Bertz CT molecular complexity index is 235. The molecule has 0 saturated carbocycles. The van der Waals surface area contributed by atoms with Gasteiger partial charge in [-0.05, 0) is 17.6 Å². The molecule has 10 heavy (non-hydrogen) atoms. The van der Waals surface area contributed by atoms with Crippen LogP contribution in [0, 0.1) is 11.6 Å². The zero-order chi connectivity index (χ0) is 7.72. The minimum absolute atomic E-state index is 0.140. The van der Waals surface area contributed by atoms with E-state index >= 15 is 0 Å². The lowest BCUT2D eigenvalue weighted by Gasteiger charge is -2.00. The number of benzene rings is 1. The number of nitrogen functional groups attached to an aromatic ring is 1. The highest BCUT2D eigenvalue weighted by Crippen LogP contribution is 2.06. The quantitative estimate of drug-likeness (QED) is 0.407. The molecule has 0 heterocycles. The van der Waals surface area contributed by atoms with Crippen LogP contribution in [-0.2, 0) is 0 Å². The third-order valence-electron chi connectivity index (χ3n) is 1.16. The van der Waals surface area contributed by atoms with E-state index in [2.05, 4.69) is 0 Å². The molecule has 4 heteroatoms. The summed E-state index contributed by atoms with van der Waals surface area (Å²) in [6.45, 7) is 0. The summed E-state index contributed by atoms with van der Waals surface area (Å²) in [4.78, 5) is 0. The SMILES string of the molecule is [B]c1c(F)ccc(N)c1F. The maximum Gasteiger partial charge on any atom is 0.141 e. The number of hydrogen-bond acceptors (Lipinski definition) is 1. The first-order chi connectivity index (χ1) is 4.63. The van der Waals surface area contributed by atoms with E-state index in [4.69, 9.17) is 13.6 Å². The van der Waals surface area contributed by atoms with Crippen molar-refractivity contribution in [3.05, 3.63) is 23.8 Å². The summed E-state index contributed by atoms with van der Waals surface area (Å²) >= 11 is 0. The van der Waals surface area contributed by atoms with Crippen LogP contribution < -0.4 is 11.2 Å². The first kappa shape index (κ1) is 7.06. The lowest BCUT2D eigenvalue weighted by Crippen LogP contribution is -2.15. The monoisotopic (exact) mass is 139 g/mol. The summed E-state index contributed by atoms with van der Waals surface area (Å²) in [6.07, 6.45) is 0.